The van der Waals surface area contributed by atoms with Crippen LogP contribution in [0.2, 0.25) is 0 Å². The standard InChI is InChI=1S/C13H28N2O2/c1-12(2)11-17-9-7-15(6-8-16)10-13-4-3-5-14-13/h12-14,16H,3-11H2,1-2H3. The number of hydrogen-bond acceptors (Lipinski definition) is 4. The van der Waals surface area contributed by atoms with E-state index in [2.05, 4.69) is 24.1 Å². The van der Waals surface area contributed by atoms with Crippen molar-refractivity contribution in [2.75, 3.05) is 46.0 Å². The van der Waals surface area contributed by atoms with E-state index in [9.17, 15) is 0 Å². The van der Waals surface area contributed by atoms with Crippen LogP contribution in [0, 0.1) is 5.92 Å². The average molecular weight is 244 g/mol. The number of nitrogens with one attached hydrogen (secondary N) is 1. The van der Waals surface area contributed by atoms with Gasteiger partial charge in [-0.2, -0.15) is 0 Å². The Labute approximate surface area is 105 Å². The molecule has 0 aromatic rings. The fourth-order valence-electron chi connectivity index (χ4n) is 2.17. The van der Waals surface area contributed by atoms with Crippen LogP contribution in [0.4, 0.5) is 0 Å². The van der Waals surface area contributed by atoms with E-state index in [-0.39, 0.29) is 6.61 Å². The summed E-state index contributed by atoms with van der Waals surface area (Å²) in [6, 6.07) is 0.603. The van der Waals surface area contributed by atoms with Crippen LogP contribution in [0.5, 0.6) is 0 Å². The molecule has 1 unspecified atom stereocenters. The molecule has 0 aromatic heterocycles. The topological polar surface area (TPSA) is 44.7 Å². The van der Waals surface area contributed by atoms with Crippen molar-refractivity contribution in [2.24, 2.45) is 5.92 Å². The molecule has 4 heteroatoms. The zero-order valence-corrected chi connectivity index (χ0v) is 11.3. The van der Waals surface area contributed by atoms with Crippen molar-refractivity contribution in [3.05, 3.63) is 0 Å². The molecule has 4 nitrogen and oxygen atoms in total. The van der Waals surface area contributed by atoms with Crippen LogP contribution >= 0.6 is 0 Å². The largest absolute Gasteiger partial charge is 0.395 e. The van der Waals surface area contributed by atoms with Crippen LogP contribution in [0.1, 0.15) is 26.7 Å². The molecule has 1 rings (SSSR count). The maximum Gasteiger partial charge on any atom is 0.0593 e. The van der Waals surface area contributed by atoms with Gasteiger partial charge in [0.15, 0.2) is 0 Å². The van der Waals surface area contributed by atoms with E-state index in [0.717, 1.165) is 39.4 Å². The SMILES string of the molecule is CC(C)COCCN(CCO)CC1CCCN1. The number of ether oxygens (including phenoxy) is 1. The molecule has 0 radical (unpaired) electrons. The van der Waals surface area contributed by atoms with Gasteiger partial charge in [-0.05, 0) is 25.3 Å². The molecule has 1 atom stereocenters. The van der Waals surface area contributed by atoms with Crippen molar-refractivity contribution < 1.29 is 9.84 Å². The summed E-state index contributed by atoms with van der Waals surface area (Å²) in [6.45, 7) is 10.0. The molecule has 0 bridgehead atoms. The molecule has 102 valence electrons. The second kappa shape index (κ2) is 8.86. The highest BCUT2D eigenvalue weighted by Crippen LogP contribution is 2.06. The molecule has 2 N–H and O–H groups in total. The van der Waals surface area contributed by atoms with Gasteiger partial charge in [-0.25, -0.2) is 0 Å². The van der Waals surface area contributed by atoms with Gasteiger partial charge in [0.25, 0.3) is 0 Å². The lowest BCUT2D eigenvalue weighted by Gasteiger charge is -2.24. The highest BCUT2D eigenvalue weighted by Gasteiger charge is 2.17. The van der Waals surface area contributed by atoms with Crippen molar-refractivity contribution >= 4 is 0 Å². The van der Waals surface area contributed by atoms with E-state index in [4.69, 9.17) is 9.84 Å². The van der Waals surface area contributed by atoms with Crippen LogP contribution in [0.3, 0.4) is 0 Å². The molecule has 1 aliphatic rings. The van der Waals surface area contributed by atoms with E-state index in [1.807, 2.05) is 0 Å². The molecule has 0 amide bonds. The minimum absolute atomic E-state index is 0.233. The van der Waals surface area contributed by atoms with Gasteiger partial charge < -0.3 is 15.2 Å². The van der Waals surface area contributed by atoms with E-state index >= 15 is 0 Å². The van der Waals surface area contributed by atoms with E-state index in [1.54, 1.807) is 0 Å². The van der Waals surface area contributed by atoms with E-state index < -0.39 is 0 Å². The van der Waals surface area contributed by atoms with Crippen LogP contribution in [0.15, 0.2) is 0 Å². The van der Waals surface area contributed by atoms with E-state index in [1.165, 1.54) is 12.8 Å². The molecule has 0 aromatic carbocycles. The third-order valence-electron chi connectivity index (χ3n) is 3.06. The molecular weight excluding hydrogens is 216 g/mol. The van der Waals surface area contributed by atoms with Gasteiger partial charge in [-0.15, -0.1) is 0 Å². The number of hydrogen-bond donors (Lipinski definition) is 2. The lowest BCUT2D eigenvalue weighted by molar-refractivity contribution is 0.0771. The molecule has 17 heavy (non-hydrogen) atoms. The first-order chi connectivity index (χ1) is 8.22. The van der Waals surface area contributed by atoms with Crippen molar-refractivity contribution in [1.82, 2.24) is 10.2 Å². The normalized spacial score (nSPS) is 20.6. The summed E-state index contributed by atoms with van der Waals surface area (Å²) in [6.07, 6.45) is 2.54. The fourth-order valence-corrected chi connectivity index (χ4v) is 2.17. The smallest absolute Gasteiger partial charge is 0.0593 e. The lowest BCUT2D eigenvalue weighted by atomic mass is 10.2. The number of rotatable bonds is 9. The average Bonchev–Trinajstić information content (AvgIpc) is 2.77. The van der Waals surface area contributed by atoms with Crippen molar-refractivity contribution in [1.29, 1.82) is 0 Å². The Morgan fingerprint density at radius 1 is 1.41 bits per heavy atom. The predicted octanol–water partition coefficient (Wildman–Crippen LogP) is 0.705. The maximum atomic E-state index is 9.05. The summed E-state index contributed by atoms with van der Waals surface area (Å²) in [4.78, 5) is 2.29. The summed E-state index contributed by atoms with van der Waals surface area (Å²) in [7, 11) is 0. The Kier molecular flexibility index (Phi) is 7.77. The minimum Gasteiger partial charge on any atom is -0.395 e. The fraction of sp³-hybridized carbons (Fsp3) is 1.00. The zero-order chi connectivity index (χ0) is 12.5. The van der Waals surface area contributed by atoms with Crippen molar-refractivity contribution in [3.8, 4) is 0 Å². The maximum absolute atomic E-state index is 9.05. The third kappa shape index (κ3) is 6.99. The summed E-state index contributed by atoms with van der Waals surface area (Å²) in [5.74, 6) is 0.595. The quantitative estimate of drug-likeness (QED) is 0.586. The third-order valence-corrected chi connectivity index (χ3v) is 3.06. The molecule has 1 saturated heterocycles. The second-order valence-corrected chi connectivity index (χ2v) is 5.29. The van der Waals surface area contributed by atoms with Gasteiger partial charge >= 0.3 is 0 Å². The Morgan fingerprint density at radius 2 is 2.24 bits per heavy atom. The molecule has 0 aliphatic carbocycles. The van der Waals surface area contributed by atoms with Crippen LogP contribution < -0.4 is 5.32 Å². The van der Waals surface area contributed by atoms with Gasteiger partial charge in [0, 0.05) is 32.3 Å². The van der Waals surface area contributed by atoms with Crippen LogP contribution in [0.25, 0.3) is 0 Å². The van der Waals surface area contributed by atoms with Gasteiger partial charge in [0.2, 0.25) is 0 Å². The van der Waals surface area contributed by atoms with E-state index in [0.29, 0.717) is 12.0 Å². The predicted molar refractivity (Wildman–Crippen MR) is 70.2 cm³/mol. The Morgan fingerprint density at radius 3 is 2.82 bits per heavy atom. The van der Waals surface area contributed by atoms with Crippen LogP contribution in [-0.2, 0) is 4.74 Å². The summed E-state index contributed by atoms with van der Waals surface area (Å²) in [5, 5.41) is 12.5. The van der Waals surface area contributed by atoms with Crippen molar-refractivity contribution in [2.45, 2.75) is 32.7 Å². The van der Waals surface area contributed by atoms with Gasteiger partial charge in [0.1, 0.15) is 0 Å². The molecule has 1 fully saturated rings. The first kappa shape index (κ1) is 14.9. The van der Waals surface area contributed by atoms with Crippen LogP contribution in [-0.4, -0.2) is 62.0 Å². The van der Waals surface area contributed by atoms with Gasteiger partial charge in [-0.3, -0.25) is 4.90 Å². The minimum atomic E-state index is 0.233. The Hall–Kier alpha value is -0.160. The number of aliphatic hydroxyl groups is 1. The van der Waals surface area contributed by atoms with Gasteiger partial charge in [0.05, 0.1) is 13.2 Å². The first-order valence-electron chi connectivity index (χ1n) is 6.86. The Bertz CT molecular complexity index is 182. The number of nitrogens with zero attached hydrogens (tertiary/aromatic N) is 1. The summed E-state index contributed by atoms with van der Waals surface area (Å²) < 4.78 is 5.59. The first-order valence-corrected chi connectivity index (χ1v) is 6.86. The zero-order valence-electron chi connectivity index (χ0n) is 11.3. The second-order valence-electron chi connectivity index (χ2n) is 5.29. The molecule has 0 spiro atoms. The Balaban J connectivity index is 2.13. The highest BCUT2D eigenvalue weighted by molar-refractivity contribution is 4.77. The summed E-state index contributed by atoms with van der Waals surface area (Å²) in [5.41, 5.74) is 0. The molecule has 0 saturated carbocycles. The number of aliphatic hydroxyl groups excluding tert-OH is 1. The van der Waals surface area contributed by atoms with Crippen molar-refractivity contribution in [3.63, 3.8) is 0 Å². The molecule has 1 heterocycles. The monoisotopic (exact) mass is 244 g/mol. The highest BCUT2D eigenvalue weighted by atomic mass is 16.5. The molecular formula is C13H28N2O2. The summed E-state index contributed by atoms with van der Waals surface area (Å²) >= 11 is 0. The lowest BCUT2D eigenvalue weighted by Crippen LogP contribution is -2.40. The van der Waals surface area contributed by atoms with Gasteiger partial charge in [-0.1, -0.05) is 13.8 Å². The molecule has 1 aliphatic heterocycles.